The van der Waals surface area contributed by atoms with Crippen molar-refractivity contribution in [3.8, 4) is 0 Å². The molecule has 0 radical (unpaired) electrons. The van der Waals surface area contributed by atoms with Crippen molar-refractivity contribution in [1.82, 2.24) is 14.8 Å². The van der Waals surface area contributed by atoms with Crippen LogP contribution in [0.15, 0.2) is 30.9 Å². The van der Waals surface area contributed by atoms with Gasteiger partial charge in [0, 0.05) is 8.59 Å². The Bertz CT molecular complexity index is 428. The molecule has 0 aliphatic heterocycles. The Morgan fingerprint density at radius 1 is 1.43 bits per heavy atom. The Morgan fingerprint density at radius 3 is 3.00 bits per heavy atom. The lowest BCUT2D eigenvalue weighted by molar-refractivity contribution is 0.683. The van der Waals surface area contributed by atoms with Crippen LogP contribution in [0.3, 0.4) is 0 Å². The van der Waals surface area contributed by atoms with Gasteiger partial charge in [0.15, 0.2) is 0 Å². The lowest BCUT2D eigenvalue weighted by Crippen LogP contribution is -2.01. The Hall–Kier alpha value is -0.620. The lowest BCUT2D eigenvalue weighted by Gasteiger charge is -2.04. The largest absolute Gasteiger partial charge is 0.249 e. The molecule has 2 aromatic rings. The van der Waals surface area contributed by atoms with E-state index < -0.39 is 0 Å². The summed E-state index contributed by atoms with van der Waals surface area (Å²) in [5.74, 6) is 0. The van der Waals surface area contributed by atoms with Crippen LogP contribution in [0.5, 0.6) is 0 Å². The molecule has 1 aromatic carbocycles. The van der Waals surface area contributed by atoms with Crippen LogP contribution in [-0.4, -0.2) is 14.8 Å². The van der Waals surface area contributed by atoms with E-state index in [2.05, 4.69) is 32.7 Å². The summed E-state index contributed by atoms with van der Waals surface area (Å²) in [6.07, 6.45) is 3.22. The van der Waals surface area contributed by atoms with E-state index >= 15 is 0 Å². The Kier molecular flexibility index (Phi) is 3.02. The third-order valence-electron chi connectivity index (χ3n) is 1.81. The van der Waals surface area contributed by atoms with E-state index in [1.807, 2.05) is 18.2 Å². The zero-order chi connectivity index (χ0) is 9.97. The molecule has 0 amide bonds. The minimum absolute atomic E-state index is 0.707. The van der Waals surface area contributed by atoms with Gasteiger partial charge in [-0.3, -0.25) is 0 Å². The van der Waals surface area contributed by atoms with Gasteiger partial charge in [-0.05, 0) is 46.4 Å². The van der Waals surface area contributed by atoms with Gasteiger partial charge in [0.25, 0.3) is 0 Å². The van der Waals surface area contributed by atoms with Crippen LogP contribution >= 0.6 is 34.2 Å². The maximum Gasteiger partial charge on any atom is 0.137 e. The monoisotopic (exact) mass is 319 g/mol. The van der Waals surface area contributed by atoms with Gasteiger partial charge in [0.2, 0.25) is 0 Å². The minimum Gasteiger partial charge on any atom is -0.249 e. The Morgan fingerprint density at radius 2 is 2.29 bits per heavy atom. The molecule has 5 heteroatoms. The van der Waals surface area contributed by atoms with Crippen molar-refractivity contribution in [1.29, 1.82) is 0 Å². The zero-order valence-corrected chi connectivity index (χ0v) is 10.1. The predicted octanol–water partition coefficient (Wildman–Crippen LogP) is 2.58. The summed E-state index contributed by atoms with van der Waals surface area (Å²) in [7, 11) is 0. The van der Waals surface area contributed by atoms with Crippen molar-refractivity contribution in [3.05, 3.63) is 45.0 Å². The van der Waals surface area contributed by atoms with Crippen LogP contribution in [0.1, 0.15) is 5.56 Å². The van der Waals surface area contributed by atoms with E-state index in [1.165, 1.54) is 9.90 Å². The van der Waals surface area contributed by atoms with Gasteiger partial charge in [-0.25, -0.2) is 9.67 Å². The molecule has 0 saturated heterocycles. The molecule has 1 aromatic heterocycles. The van der Waals surface area contributed by atoms with E-state index in [-0.39, 0.29) is 0 Å². The second-order valence-corrected chi connectivity index (χ2v) is 4.43. The van der Waals surface area contributed by atoms with Gasteiger partial charge in [-0.1, -0.05) is 11.6 Å². The molecular weight excluding hydrogens is 312 g/mol. The molecule has 0 saturated carbocycles. The molecule has 0 bridgehead atoms. The number of hydrogen-bond donors (Lipinski definition) is 0. The summed E-state index contributed by atoms with van der Waals surface area (Å²) in [6, 6.07) is 5.83. The fourth-order valence-corrected chi connectivity index (χ4v) is 1.85. The zero-order valence-electron chi connectivity index (χ0n) is 7.19. The first-order valence-electron chi connectivity index (χ1n) is 4.02. The number of rotatable bonds is 2. The summed E-state index contributed by atoms with van der Waals surface area (Å²) >= 11 is 8.19. The van der Waals surface area contributed by atoms with E-state index in [0.29, 0.717) is 6.54 Å². The quantitative estimate of drug-likeness (QED) is 0.797. The first-order chi connectivity index (χ1) is 6.75. The number of halogens is 2. The molecule has 0 unspecified atom stereocenters. The van der Waals surface area contributed by atoms with Crippen molar-refractivity contribution in [3.63, 3.8) is 0 Å². The number of nitrogens with zero attached hydrogens (tertiary/aromatic N) is 3. The fraction of sp³-hybridized carbons (Fsp3) is 0.111. The highest BCUT2D eigenvalue weighted by atomic mass is 127. The van der Waals surface area contributed by atoms with Crippen LogP contribution in [-0.2, 0) is 6.54 Å². The van der Waals surface area contributed by atoms with Gasteiger partial charge >= 0.3 is 0 Å². The van der Waals surface area contributed by atoms with Crippen LogP contribution in [0.2, 0.25) is 5.02 Å². The number of hydrogen-bond acceptors (Lipinski definition) is 2. The highest BCUT2D eigenvalue weighted by Crippen LogP contribution is 2.18. The molecule has 1 heterocycles. The minimum atomic E-state index is 0.707. The van der Waals surface area contributed by atoms with E-state index in [9.17, 15) is 0 Å². The van der Waals surface area contributed by atoms with Crippen LogP contribution in [0.25, 0.3) is 0 Å². The molecule has 14 heavy (non-hydrogen) atoms. The highest BCUT2D eigenvalue weighted by molar-refractivity contribution is 14.1. The fourth-order valence-electron chi connectivity index (χ4n) is 1.15. The smallest absolute Gasteiger partial charge is 0.137 e. The molecule has 0 aliphatic carbocycles. The molecule has 72 valence electrons. The second-order valence-electron chi connectivity index (χ2n) is 2.83. The Balaban J connectivity index is 2.28. The summed E-state index contributed by atoms with van der Waals surface area (Å²) in [5.41, 5.74) is 1.16. The molecule has 2 rings (SSSR count). The SMILES string of the molecule is Clc1ccc(I)c(Cn2cncn2)c1. The van der Waals surface area contributed by atoms with E-state index in [1.54, 1.807) is 11.0 Å². The van der Waals surface area contributed by atoms with Gasteiger partial charge in [-0.15, -0.1) is 0 Å². The summed E-state index contributed by atoms with van der Waals surface area (Å²) in [5, 5.41) is 4.79. The lowest BCUT2D eigenvalue weighted by atomic mass is 10.2. The summed E-state index contributed by atoms with van der Waals surface area (Å²) in [6.45, 7) is 0.707. The molecule has 0 atom stereocenters. The van der Waals surface area contributed by atoms with Crippen molar-refractivity contribution in [2.45, 2.75) is 6.54 Å². The maximum absolute atomic E-state index is 5.91. The van der Waals surface area contributed by atoms with Crippen molar-refractivity contribution in [2.24, 2.45) is 0 Å². The average molecular weight is 320 g/mol. The predicted molar refractivity (Wildman–Crippen MR) is 63.3 cm³/mol. The van der Waals surface area contributed by atoms with Crippen LogP contribution in [0.4, 0.5) is 0 Å². The van der Waals surface area contributed by atoms with Gasteiger partial charge < -0.3 is 0 Å². The summed E-state index contributed by atoms with van der Waals surface area (Å²) < 4.78 is 2.95. The highest BCUT2D eigenvalue weighted by Gasteiger charge is 2.01. The van der Waals surface area contributed by atoms with Gasteiger partial charge in [-0.2, -0.15) is 5.10 Å². The maximum atomic E-state index is 5.91. The van der Waals surface area contributed by atoms with Crippen LogP contribution in [0, 0.1) is 3.57 Å². The molecular formula is C9H7ClIN3. The van der Waals surface area contributed by atoms with Crippen molar-refractivity contribution in [2.75, 3.05) is 0 Å². The molecule has 0 N–H and O–H groups in total. The number of benzene rings is 1. The normalized spacial score (nSPS) is 10.4. The Labute approximate surface area is 100 Å². The molecule has 0 aliphatic rings. The van der Waals surface area contributed by atoms with E-state index in [4.69, 9.17) is 11.6 Å². The topological polar surface area (TPSA) is 30.7 Å². The van der Waals surface area contributed by atoms with E-state index in [0.717, 1.165) is 10.6 Å². The van der Waals surface area contributed by atoms with Crippen molar-refractivity contribution < 1.29 is 0 Å². The van der Waals surface area contributed by atoms with Gasteiger partial charge in [0.05, 0.1) is 6.54 Å². The third kappa shape index (κ3) is 2.24. The second kappa shape index (κ2) is 4.27. The van der Waals surface area contributed by atoms with Crippen molar-refractivity contribution >= 4 is 34.2 Å². The first kappa shape index (κ1) is 9.92. The molecule has 0 fully saturated rings. The molecule has 0 spiro atoms. The molecule has 3 nitrogen and oxygen atoms in total. The third-order valence-corrected chi connectivity index (χ3v) is 3.09. The first-order valence-corrected chi connectivity index (χ1v) is 5.48. The summed E-state index contributed by atoms with van der Waals surface area (Å²) in [4.78, 5) is 3.89. The van der Waals surface area contributed by atoms with Gasteiger partial charge in [0.1, 0.15) is 12.7 Å². The van der Waals surface area contributed by atoms with Crippen LogP contribution < -0.4 is 0 Å². The number of aromatic nitrogens is 3. The standard InChI is InChI=1S/C9H7ClIN3/c10-8-1-2-9(11)7(3-8)4-14-6-12-5-13-14/h1-3,5-6H,4H2. The average Bonchev–Trinajstić information content (AvgIpc) is 2.64.